The lowest BCUT2D eigenvalue weighted by Gasteiger charge is -2.23. The number of halogens is 2. The van der Waals surface area contributed by atoms with Gasteiger partial charge in [0, 0.05) is 23.0 Å². The molecular weight excluding hydrogens is 443 g/mol. The van der Waals surface area contributed by atoms with Crippen molar-refractivity contribution >= 4 is 28.4 Å². The number of rotatable bonds is 7. The second-order valence-corrected chi connectivity index (χ2v) is 7.98. The van der Waals surface area contributed by atoms with E-state index >= 15 is 0 Å². The molecule has 33 heavy (non-hydrogen) atoms. The maximum absolute atomic E-state index is 13.4. The van der Waals surface area contributed by atoms with Crippen molar-refractivity contribution in [2.24, 2.45) is 0 Å². The van der Waals surface area contributed by atoms with Gasteiger partial charge in [0.1, 0.15) is 11.6 Å². The van der Waals surface area contributed by atoms with Crippen molar-refractivity contribution in [3.63, 3.8) is 0 Å². The van der Waals surface area contributed by atoms with Crippen LogP contribution in [0.2, 0.25) is 5.02 Å². The topological polar surface area (TPSA) is 62.4 Å². The zero-order valence-corrected chi connectivity index (χ0v) is 18.7. The van der Waals surface area contributed by atoms with Crippen molar-refractivity contribution in [2.45, 2.75) is 20.0 Å². The van der Waals surface area contributed by atoms with Gasteiger partial charge in [-0.3, -0.25) is 9.59 Å². The molecular formula is C26H22ClFN2O3. The van der Waals surface area contributed by atoms with E-state index in [9.17, 15) is 14.0 Å². The molecule has 0 aliphatic rings. The Hall–Kier alpha value is -3.64. The molecule has 0 fully saturated rings. The lowest BCUT2D eigenvalue weighted by atomic mass is 10.1. The summed E-state index contributed by atoms with van der Waals surface area (Å²) in [5, 5.41) is 1.11. The van der Waals surface area contributed by atoms with Gasteiger partial charge in [0.25, 0.3) is 11.5 Å². The lowest BCUT2D eigenvalue weighted by Crippen LogP contribution is -2.32. The summed E-state index contributed by atoms with van der Waals surface area (Å²) in [6.07, 6.45) is 0. The summed E-state index contributed by atoms with van der Waals surface area (Å²) in [7, 11) is 0. The first-order chi connectivity index (χ1) is 15.9. The number of H-pyrrole nitrogens is 1. The van der Waals surface area contributed by atoms with Crippen LogP contribution in [0.15, 0.2) is 77.6 Å². The number of aromatic nitrogens is 1. The molecule has 1 N–H and O–H groups in total. The quantitative estimate of drug-likeness (QED) is 0.389. The molecule has 1 aromatic heterocycles. The molecule has 0 spiro atoms. The number of aromatic amines is 1. The summed E-state index contributed by atoms with van der Waals surface area (Å²) < 4.78 is 18.9. The van der Waals surface area contributed by atoms with E-state index in [4.69, 9.17) is 16.3 Å². The lowest BCUT2D eigenvalue weighted by molar-refractivity contribution is 0.0729. The molecule has 3 aromatic carbocycles. The molecule has 5 nitrogen and oxygen atoms in total. The highest BCUT2D eigenvalue weighted by Gasteiger charge is 2.20. The van der Waals surface area contributed by atoms with E-state index in [1.54, 1.807) is 54.6 Å². The molecule has 1 heterocycles. The molecule has 7 heteroatoms. The Balaban J connectivity index is 1.72. The molecule has 0 aliphatic heterocycles. The van der Waals surface area contributed by atoms with Gasteiger partial charge < -0.3 is 14.6 Å². The molecule has 1 amide bonds. The number of fused-ring (bicyclic) bond motifs is 1. The van der Waals surface area contributed by atoms with Crippen molar-refractivity contribution in [2.75, 3.05) is 6.61 Å². The number of carbonyl (C=O) groups is 1. The molecule has 0 saturated heterocycles. The predicted octanol–water partition coefficient (Wildman–Crippen LogP) is 5.56. The summed E-state index contributed by atoms with van der Waals surface area (Å²) in [4.78, 5) is 30.6. The Bertz CT molecular complexity index is 1350. The number of hydrogen-bond acceptors (Lipinski definition) is 3. The van der Waals surface area contributed by atoms with Gasteiger partial charge in [0.15, 0.2) is 0 Å². The molecule has 0 saturated carbocycles. The van der Waals surface area contributed by atoms with E-state index in [2.05, 4.69) is 4.98 Å². The number of carbonyl (C=O) groups excluding carboxylic acids is 1. The number of amides is 1. The van der Waals surface area contributed by atoms with E-state index in [-0.39, 0.29) is 30.4 Å². The smallest absolute Gasteiger partial charge is 0.255 e. The summed E-state index contributed by atoms with van der Waals surface area (Å²) in [5.41, 5.74) is 1.86. The number of pyridine rings is 1. The van der Waals surface area contributed by atoms with Crippen LogP contribution in [0, 0.1) is 5.82 Å². The zero-order chi connectivity index (χ0) is 23.4. The number of hydrogen-bond donors (Lipinski definition) is 1. The minimum absolute atomic E-state index is 0.0472. The Labute approximate surface area is 195 Å². The maximum atomic E-state index is 13.4. The molecule has 0 unspecified atom stereocenters. The van der Waals surface area contributed by atoms with E-state index in [0.29, 0.717) is 34.0 Å². The standard InChI is InChI=1S/C26H22ClFN2O3/c1-2-33-21-11-12-24-18(14-21)13-19(25(31)29-24)16-30(15-17-7-9-20(28)10-8-17)26(32)22-5-3-4-6-23(22)27/h3-14H,2,15-16H2,1H3,(H,29,31). The fourth-order valence-corrected chi connectivity index (χ4v) is 3.84. The van der Waals surface area contributed by atoms with Crippen LogP contribution < -0.4 is 10.3 Å². The largest absolute Gasteiger partial charge is 0.494 e. The van der Waals surface area contributed by atoms with Crippen molar-refractivity contribution in [1.82, 2.24) is 9.88 Å². The number of ether oxygens (including phenoxy) is 1. The van der Waals surface area contributed by atoms with Crippen LogP contribution >= 0.6 is 11.6 Å². The van der Waals surface area contributed by atoms with Crippen LogP contribution in [-0.2, 0) is 13.1 Å². The normalized spacial score (nSPS) is 10.9. The molecule has 0 aliphatic carbocycles. The summed E-state index contributed by atoms with van der Waals surface area (Å²) in [6, 6.07) is 19.8. The zero-order valence-electron chi connectivity index (χ0n) is 18.0. The number of nitrogens with one attached hydrogen (secondary N) is 1. The van der Waals surface area contributed by atoms with Crippen molar-refractivity contribution < 1.29 is 13.9 Å². The fourth-order valence-electron chi connectivity index (χ4n) is 3.62. The predicted molar refractivity (Wildman–Crippen MR) is 127 cm³/mol. The summed E-state index contributed by atoms with van der Waals surface area (Å²) >= 11 is 6.27. The fraction of sp³-hybridized carbons (Fsp3) is 0.154. The highest BCUT2D eigenvalue weighted by molar-refractivity contribution is 6.33. The van der Waals surface area contributed by atoms with Crippen LogP contribution in [0.1, 0.15) is 28.4 Å². The monoisotopic (exact) mass is 464 g/mol. The van der Waals surface area contributed by atoms with E-state index in [0.717, 1.165) is 10.9 Å². The summed E-state index contributed by atoms with van der Waals surface area (Å²) in [6.45, 7) is 2.65. The van der Waals surface area contributed by atoms with Gasteiger partial charge in [-0.25, -0.2) is 4.39 Å². The van der Waals surface area contributed by atoms with Crippen LogP contribution in [0.5, 0.6) is 5.75 Å². The highest BCUT2D eigenvalue weighted by atomic mass is 35.5. The van der Waals surface area contributed by atoms with E-state index in [1.165, 1.54) is 17.0 Å². The summed E-state index contributed by atoms with van der Waals surface area (Å²) in [5.74, 6) is 0.00427. The van der Waals surface area contributed by atoms with Crippen molar-refractivity contribution in [3.05, 3.63) is 111 Å². The Morgan fingerprint density at radius 1 is 1.03 bits per heavy atom. The number of nitrogens with zero attached hydrogens (tertiary/aromatic N) is 1. The van der Waals surface area contributed by atoms with Gasteiger partial charge in [0.2, 0.25) is 0 Å². The Morgan fingerprint density at radius 2 is 1.79 bits per heavy atom. The first-order valence-electron chi connectivity index (χ1n) is 10.5. The second-order valence-electron chi connectivity index (χ2n) is 7.57. The number of benzene rings is 3. The molecule has 4 aromatic rings. The van der Waals surface area contributed by atoms with Crippen molar-refractivity contribution in [3.8, 4) is 5.75 Å². The van der Waals surface area contributed by atoms with Crippen LogP contribution in [0.3, 0.4) is 0 Å². The second kappa shape index (κ2) is 9.88. The first kappa shape index (κ1) is 22.6. The van der Waals surface area contributed by atoms with Gasteiger partial charge in [-0.2, -0.15) is 0 Å². The SMILES string of the molecule is CCOc1ccc2[nH]c(=O)c(CN(Cc3ccc(F)cc3)C(=O)c3ccccc3Cl)cc2c1. The van der Waals surface area contributed by atoms with Gasteiger partial charge >= 0.3 is 0 Å². The molecule has 0 atom stereocenters. The van der Waals surface area contributed by atoms with Crippen LogP contribution in [-0.4, -0.2) is 22.4 Å². The van der Waals surface area contributed by atoms with E-state index in [1.807, 2.05) is 13.0 Å². The third-order valence-electron chi connectivity index (χ3n) is 5.24. The van der Waals surface area contributed by atoms with Gasteiger partial charge in [-0.1, -0.05) is 35.9 Å². The molecule has 168 valence electrons. The van der Waals surface area contributed by atoms with Gasteiger partial charge in [0.05, 0.1) is 23.7 Å². The average molecular weight is 465 g/mol. The third kappa shape index (κ3) is 5.23. The molecule has 4 rings (SSSR count). The third-order valence-corrected chi connectivity index (χ3v) is 5.57. The molecule has 0 bridgehead atoms. The minimum Gasteiger partial charge on any atom is -0.494 e. The molecule has 0 radical (unpaired) electrons. The van der Waals surface area contributed by atoms with Gasteiger partial charge in [-0.05, 0) is 61.0 Å². The maximum Gasteiger partial charge on any atom is 0.255 e. The first-order valence-corrected chi connectivity index (χ1v) is 10.9. The van der Waals surface area contributed by atoms with Gasteiger partial charge in [-0.15, -0.1) is 0 Å². The highest BCUT2D eigenvalue weighted by Crippen LogP contribution is 2.22. The van der Waals surface area contributed by atoms with E-state index < -0.39 is 0 Å². The Morgan fingerprint density at radius 3 is 2.52 bits per heavy atom. The van der Waals surface area contributed by atoms with Crippen molar-refractivity contribution in [1.29, 1.82) is 0 Å². The van der Waals surface area contributed by atoms with Crippen LogP contribution in [0.25, 0.3) is 10.9 Å². The van der Waals surface area contributed by atoms with Crippen LogP contribution in [0.4, 0.5) is 4.39 Å². The Kier molecular flexibility index (Phi) is 6.75. The average Bonchev–Trinajstić information content (AvgIpc) is 2.81. The minimum atomic E-state index is -0.362.